The quantitative estimate of drug-likeness (QED) is 0.573. The smallest absolute Gasteiger partial charge is 0.119 e. The lowest BCUT2D eigenvalue weighted by Crippen LogP contribution is -2.20. The summed E-state index contributed by atoms with van der Waals surface area (Å²) in [5.74, 6) is 0.863. The fourth-order valence-corrected chi connectivity index (χ4v) is 1.72. The Morgan fingerprint density at radius 3 is 2.35 bits per heavy atom. The fourth-order valence-electron chi connectivity index (χ4n) is 1.72. The lowest BCUT2D eigenvalue weighted by atomic mass is 10.2. The van der Waals surface area contributed by atoms with Gasteiger partial charge >= 0.3 is 0 Å². The molecule has 0 saturated carbocycles. The van der Waals surface area contributed by atoms with Crippen molar-refractivity contribution in [3.63, 3.8) is 0 Å². The van der Waals surface area contributed by atoms with E-state index in [2.05, 4.69) is 10.9 Å². The maximum atomic E-state index is 5.51. The Labute approximate surface area is 119 Å². The highest BCUT2D eigenvalue weighted by molar-refractivity contribution is 5.41. The van der Waals surface area contributed by atoms with E-state index in [1.807, 2.05) is 54.6 Å². The van der Waals surface area contributed by atoms with E-state index in [1.165, 1.54) is 5.56 Å². The lowest BCUT2D eigenvalue weighted by Gasteiger charge is -2.09. The molecule has 2 aromatic carbocycles. The second-order valence-corrected chi connectivity index (χ2v) is 4.33. The van der Waals surface area contributed by atoms with E-state index in [4.69, 9.17) is 9.47 Å². The summed E-state index contributed by atoms with van der Waals surface area (Å²) in [5.41, 5.74) is 8.57. The van der Waals surface area contributed by atoms with Gasteiger partial charge in [0.15, 0.2) is 0 Å². The van der Waals surface area contributed by atoms with Crippen LogP contribution in [0, 0.1) is 0 Å². The second-order valence-electron chi connectivity index (χ2n) is 4.33. The normalized spacial score (nSPS) is 10.2. The van der Waals surface area contributed by atoms with Gasteiger partial charge in [-0.25, -0.2) is 5.43 Å². The Morgan fingerprint density at radius 2 is 1.65 bits per heavy atom. The van der Waals surface area contributed by atoms with Gasteiger partial charge in [-0.3, -0.25) is 0 Å². The molecule has 0 fully saturated rings. The third kappa shape index (κ3) is 4.91. The first-order chi connectivity index (χ1) is 9.88. The molecule has 0 atom stereocenters. The molecule has 0 aliphatic heterocycles. The number of para-hydroxylation sites is 1. The zero-order chi connectivity index (χ0) is 14.0. The van der Waals surface area contributed by atoms with Crippen LogP contribution in [0.15, 0.2) is 54.6 Å². The maximum absolute atomic E-state index is 5.51. The van der Waals surface area contributed by atoms with Gasteiger partial charge in [-0.1, -0.05) is 30.3 Å². The number of anilines is 1. The van der Waals surface area contributed by atoms with Crippen LogP contribution in [0.2, 0.25) is 0 Å². The predicted molar refractivity (Wildman–Crippen MR) is 80.7 cm³/mol. The van der Waals surface area contributed by atoms with Crippen molar-refractivity contribution in [1.29, 1.82) is 0 Å². The minimum Gasteiger partial charge on any atom is -0.491 e. The minimum absolute atomic E-state index is 0.573. The van der Waals surface area contributed by atoms with Crippen LogP contribution in [0.4, 0.5) is 5.69 Å². The van der Waals surface area contributed by atoms with Crippen LogP contribution in [0.5, 0.6) is 5.75 Å². The average Bonchev–Trinajstić information content (AvgIpc) is 2.50. The van der Waals surface area contributed by atoms with Crippen molar-refractivity contribution >= 4 is 5.69 Å². The highest BCUT2D eigenvalue weighted by atomic mass is 16.5. The molecule has 4 heteroatoms. The van der Waals surface area contributed by atoms with Gasteiger partial charge in [0.05, 0.1) is 6.61 Å². The molecule has 0 saturated heterocycles. The average molecular weight is 272 g/mol. The number of benzene rings is 2. The molecule has 2 rings (SSSR count). The molecule has 0 aromatic heterocycles. The summed E-state index contributed by atoms with van der Waals surface area (Å²) < 4.78 is 10.5. The van der Waals surface area contributed by atoms with E-state index in [0.29, 0.717) is 13.2 Å². The van der Waals surface area contributed by atoms with E-state index < -0.39 is 0 Å². The highest BCUT2D eigenvalue weighted by Crippen LogP contribution is 2.12. The number of rotatable bonds is 8. The van der Waals surface area contributed by atoms with Crippen LogP contribution in [-0.4, -0.2) is 20.3 Å². The summed E-state index contributed by atoms with van der Waals surface area (Å²) in [6, 6.07) is 18.0. The number of ether oxygens (including phenoxy) is 2. The first kappa shape index (κ1) is 14.4. The first-order valence-corrected chi connectivity index (χ1v) is 6.63. The number of hydrogen-bond donors (Lipinski definition) is 2. The molecule has 0 bridgehead atoms. The molecule has 0 amide bonds. The van der Waals surface area contributed by atoms with Gasteiger partial charge in [-0.05, 0) is 29.8 Å². The largest absolute Gasteiger partial charge is 0.491 e. The molecule has 0 heterocycles. The summed E-state index contributed by atoms with van der Waals surface area (Å²) >= 11 is 0. The molecule has 0 unspecified atom stereocenters. The Bertz CT molecular complexity index is 486. The van der Waals surface area contributed by atoms with E-state index in [9.17, 15) is 0 Å². The summed E-state index contributed by atoms with van der Waals surface area (Å²) in [4.78, 5) is 0. The van der Waals surface area contributed by atoms with E-state index in [1.54, 1.807) is 7.11 Å². The topological polar surface area (TPSA) is 42.5 Å². The Kier molecular flexibility index (Phi) is 5.89. The monoisotopic (exact) mass is 272 g/mol. The summed E-state index contributed by atoms with van der Waals surface area (Å²) in [6.45, 7) is 1.92. The molecule has 4 nitrogen and oxygen atoms in total. The van der Waals surface area contributed by atoms with Crippen molar-refractivity contribution in [3.8, 4) is 5.75 Å². The molecule has 2 aromatic rings. The van der Waals surface area contributed by atoms with Gasteiger partial charge in [-0.15, -0.1) is 0 Å². The third-order valence-electron chi connectivity index (χ3n) is 2.78. The lowest BCUT2D eigenvalue weighted by molar-refractivity contribution is 0.146. The van der Waals surface area contributed by atoms with E-state index in [0.717, 1.165) is 18.0 Å². The van der Waals surface area contributed by atoms with Gasteiger partial charge < -0.3 is 14.9 Å². The molecule has 0 spiro atoms. The van der Waals surface area contributed by atoms with Crippen molar-refractivity contribution in [2.24, 2.45) is 0 Å². The molecule has 20 heavy (non-hydrogen) atoms. The Hall–Kier alpha value is -2.04. The standard InChI is InChI=1S/C16H20N2O2/c1-19-11-12-20-16-9-7-14(8-10-16)13-17-18-15-5-3-2-4-6-15/h2-10,17-18H,11-13H2,1H3. The zero-order valence-electron chi connectivity index (χ0n) is 11.6. The second kappa shape index (κ2) is 8.19. The van der Waals surface area contributed by atoms with Crippen molar-refractivity contribution < 1.29 is 9.47 Å². The van der Waals surface area contributed by atoms with Crippen LogP contribution < -0.4 is 15.6 Å². The highest BCUT2D eigenvalue weighted by Gasteiger charge is 1.96. The fraction of sp³-hybridized carbons (Fsp3) is 0.250. The van der Waals surface area contributed by atoms with Crippen LogP contribution >= 0.6 is 0 Å². The molecule has 0 aliphatic rings. The van der Waals surface area contributed by atoms with Crippen molar-refractivity contribution in [1.82, 2.24) is 5.43 Å². The van der Waals surface area contributed by atoms with E-state index in [-0.39, 0.29) is 0 Å². The number of nitrogens with one attached hydrogen (secondary N) is 2. The van der Waals surface area contributed by atoms with Crippen LogP contribution in [0.1, 0.15) is 5.56 Å². The van der Waals surface area contributed by atoms with Crippen LogP contribution in [0.25, 0.3) is 0 Å². The van der Waals surface area contributed by atoms with Crippen LogP contribution in [-0.2, 0) is 11.3 Å². The molecule has 106 valence electrons. The summed E-state index contributed by atoms with van der Waals surface area (Å²) in [5, 5.41) is 0. The molecule has 2 N–H and O–H groups in total. The third-order valence-corrected chi connectivity index (χ3v) is 2.78. The molecule has 0 radical (unpaired) electrons. The molecule has 0 aliphatic carbocycles. The number of hydrogen-bond acceptors (Lipinski definition) is 4. The van der Waals surface area contributed by atoms with Gasteiger partial charge in [0.25, 0.3) is 0 Å². The van der Waals surface area contributed by atoms with Crippen molar-refractivity contribution in [2.45, 2.75) is 6.54 Å². The summed E-state index contributed by atoms with van der Waals surface area (Å²) in [7, 11) is 1.66. The molecular weight excluding hydrogens is 252 g/mol. The summed E-state index contributed by atoms with van der Waals surface area (Å²) in [6.07, 6.45) is 0. The predicted octanol–water partition coefficient (Wildman–Crippen LogP) is 2.83. The maximum Gasteiger partial charge on any atom is 0.119 e. The van der Waals surface area contributed by atoms with Gasteiger partial charge in [0, 0.05) is 19.3 Å². The number of methoxy groups -OCH3 is 1. The molecular formula is C16H20N2O2. The van der Waals surface area contributed by atoms with Gasteiger partial charge in [0.2, 0.25) is 0 Å². The van der Waals surface area contributed by atoms with Gasteiger partial charge in [0.1, 0.15) is 12.4 Å². The van der Waals surface area contributed by atoms with Crippen molar-refractivity contribution in [3.05, 3.63) is 60.2 Å². The Balaban J connectivity index is 1.73. The van der Waals surface area contributed by atoms with Gasteiger partial charge in [-0.2, -0.15) is 0 Å². The number of hydrazine groups is 1. The van der Waals surface area contributed by atoms with Crippen molar-refractivity contribution in [2.75, 3.05) is 25.7 Å². The minimum atomic E-state index is 0.573. The Morgan fingerprint density at radius 1 is 0.900 bits per heavy atom. The zero-order valence-corrected chi connectivity index (χ0v) is 11.6. The van der Waals surface area contributed by atoms with E-state index >= 15 is 0 Å². The SMILES string of the molecule is COCCOc1ccc(CNNc2ccccc2)cc1. The van der Waals surface area contributed by atoms with Crippen LogP contribution in [0.3, 0.4) is 0 Å². The first-order valence-electron chi connectivity index (χ1n) is 6.63.